The first-order valence-electron chi connectivity index (χ1n) is 6.68. The number of nitrogens with zero attached hydrogens (tertiary/aromatic N) is 4. The number of hydrogen-bond donors (Lipinski definition) is 1. The second-order valence-electron chi connectivity index (χ2n) is 5.27. The van der Waals surface area contributed by atoms with E-state index in [0.29, 0.717) is 17.7 Å². The van der Waals surface area contributed by atoms with Crippen molar-refractivity contribution in [2.24, 2.45) is 5.92 Å². The smallest absolute Gasteiger partial charge is 0.254 e. The third-order valence-electron chi connectivity index (χ3n) is 3.82. The molecule has 1 aliphatic carbocycles. The van der Waals surface area contributed by atoms with Gasteiger partial charge in [0, 0.05) is 17.8 Å². The zero-order valence-electron chi connectivity index (χ0n) is 10.9. The minimum Gasteiger partial charge on any atom is -0.367 e. The van der Waals surface area contributed by atoms with Crippen LogP contribution in [0.4, 0.5) is 5.82 Å². The standard InChI is InChI=1S/C13H19N5/c1-9-5-3-4-6-11(9)17-12-7-10(2)16-13-14-8-15-18(12)13/h7-9,11,17H,3-6H2,1-2H3. The van der Waals surface area contributed by atoms with Gasteiger partial charge in [-0.25, -0.2) is 4.98 Å². The molecule has 0 aliphatic heterocycles. The Morgan fingerprint density at radius 1 is 1.33 bits per heavy atom. The minimum atomic E-state index is 0.535. The molecule has 1 aliphatic rings. The lowest BCUT2D eigenvalue weighted by atomic mass is 9.86. The summed E-state index contributed by atoms with van der Waals surface area (Å²) in [6.07, 6.45) is 6.76. The lowest BCUT2D eigenvalue weighted by Crippen LogP contribution is -2.31. The maximum atomic E-state index is 4.36. The van der Waals surface area contributed by atoms with Crippen molar-refractivity contribution in [3.8, 4) is 0 Å². The molecule has 0 radical (unpaired) electrons. The van der Waals surface area contributed by atoms with E-state index < -0.39 is 0 Å². The van der Waals surface area contributed by atoms with Gasteiger partial charge in [0.05, 0.1) is 0 Å². The van der Waals surface area contributed by atoms with Crippen molar-refractivity contribution in [2.45, 2.75) is 45.6 Å². The van der Waals surface area contributed by atoms with Crippen LogP contribution in [-0.4, -0.2) is 25.6 Å². The average Bonchev–Trinajstić information content (AvgIpc) is 2.80. The topological polar surface area (TPSA) is 55.1 Å². The van der Waals surface area contributed by atoms with E-state index in [1.807, 2.05) is 13.0 Å². The summed E-state index contributed by atoms with van der Waals surface area (Å²) in [4.78, 5) is 8.51. The molecule has 2 unspecified atom stereocenters. The second kappa shape index (κ2) is 4.55. The monoisotopic (exact) mass is 245 g/mol. The SMILES string of the molecule is Cc1cc(NC2CCCCC2C)n2ncnc2n1. The molecule has 3 rings (SSSR count). The average molecular weight is 245 g/mol. The Hall–Kier alpha value is -1.65. The largest absolute Gasteiger partial charge is 0.367 e. The molecule has 2 atom stereocenters. The predicted octanol–water partition coefficient (Wildman–Crippen LogP) is 2.42. The van der Waals surface area contributed by atoms with E-state index in [2.05, 4.69) is 27.3 Å². The molecule has 0 amide bonds. The van der Waals surface area contributed by atoms with Crippen LogP contribution in [0, 0.1) is 12.8 Å². The Morgan fingerprint density at radius 2 is 2.17 bits per heavy atom. The first-order valence-corrected chi connectivity index (χ1v) is 6.68. The molecule has 0 bridgehead atoms. The van der Waals surface area contributed by atoms with E-state index >= 15 is 0 Å². The third kappa shape index (κ3) is 2.05. The van der Waals surface area contributed by atoms with E-state index in [1.54, 1.807) is 10.8 Å². The number of rotatable bonds is 2. The highest BCUT2D eigenvalue weighted by molar-refractivity contribution is 5.45. The molecule has 1 fully saturated rings. The van der Waals surface area contributed by atoms with Crippen LogP contribution in [0.3, 0.4) is 0 Å². The zero-order chi connectivity index (χ0) is 12.5. The number of aromatic nitrogens is 4. The maximum Gasteiger partial charge on any atom is 0.254 e. The van der Waals surface area contributed by atoms with Crippen LogP contribution >= 0.6 is 0 Å². The first-order chi connectivity index (χ1) is 8.74. The summed E-state index contributed by atoms with van der Waals surface area (Å²) in [6.45, 7) is 4.31. The van der Waals surface area contributed by atoms with Gasteiger partial charge in [-0.15, -0.1) is 0 Å². The van der Waals surface area contributed by atoms with Crippen LogP contribution in [0.2, 0.25) is 0 Å². The highest BCUT2D eigenvalue weighted by Crippen LogP contribution is 2.26. The van der Waals surface area contributed by atoms with Gasteiger partial charge >= 0.3 is 0 Å². The van der Waals surface area contributed by atoms with Gasteiger partial charge in [0.2, 0.25) is 0 Å². The minimum absolute atomic E-state index is 0.535. The van der Waals surface area contributed by atoms with Gasteiger partial charge in [-0.2, -0.15) is 14.6 Å². The van der Waals surface area contributed by atoms with Gasteiger partial charge in [0.25, 0.3) is 5.78 Å². The number of fused-ring (bicyclic) bond motifs is 1. The Balaban J connectivity index is 1.91. The fourth-order valence-electron chi connectivity index (χ4n) is 2.75. The van der Waals surface area contributed by atoms with Gasteiger partial charge in [0.1, 0.15) is 12.1 Å². The molecular weight excluding hydrogens is 226 g/mol. The Labute approximate surface area is 107 Å². The second-order valence-corrected chi connectivity index (χ2v) is 5.27. The van der Waals surface area contributed by atoms with E-state index in [-0.39, 0.29) is 0 Å². The number of hydrogen-bond acceptors (Lipinski definition) is 4. The molecule has 5 nitrogen and oxygen atoms in total. The summed E-state index contributed by atoms with van der Waals surface area (Å²) < 4.78 is 1.79. The first kappa shape index (κ1) is 11.4. The van der Waals surface area contributed by atoms with Gasteiger partial charge in [-0.05, 0) is 25.7 Å². The van der Waals surface area contributed by atoms with Gasteiger partial charge in [-0.3, -0.25) is 0 Å². The lowest BCUT2D eigenvalue weighted by Gasteiger charge is -2.30. The van der Waals surface area contributed by atoms with E-state index in [1.165, 1.54) is 25.7 Å². The van der Waals surface area contributed by atoms with Crippen molar-refractivity contribution in [1.29, 1.82) is 0 Å². The Bertz CT molecular complexity index is 547. The Morgan fingerprint density at radius 3 is 3.00 bits per heavy atom. The summed E-state index contributed by atoms with van der Waals surface area (Å²) in [7, 11) is 0. The van der Waals surface area contributed by atoms with Crippen molar-refractivity contribution in [3.05, 3.63) is 18.1 Å². The zero-order valence-corrected chi connectivity index (χ0v) is 10.9. The van der Waals surface area contributed by atoms with Crippen molar-refractivity contribution in [2.75, 3.05) is 5.32 Å². The fraction of sp³-hybridized carbons (Fsp3) is 0.615. The normalized spacial score (nSPS) is 24.3. The maximum absolute atomic E-state index is 4.36. The van der Waals surface area contributed by atoms with Gasteiger partial charge in [0.15, 0.2) is 0 Å². The van der Waals surface area contributed by atoms with Crippen LogP contribution in [0.15, 0.2) is 12.4 Å². The molecule has 5 heteroatoms. The summed E-state index contributed by atoms with van der Waals surface area (Å²) in [5.74, 6) is 2.39. The van der Waals surface area contributed by atoms with Crippen molar-refractivity contribution >= 4 is 11.6 Å². The summed E-state index contributed by atoms with van der Waals surface area (Å²) in [6, 6.07) is 2.58. The number of nitrogens with one attached hydrogen (secondary N) is 1. The van der Waals surface area contributed by atoms with E-state index in [4.69, 9.17) is 0 Å². The van der Waals surface area contributed by atoms with Crippen LogP contribution in [-0.2, 0) is 0 Å². The Kier molecular flexibility index (Phi) is 2.89. The number of aryl methyl sites for hydroxylation is 1. The molecular formula is C13H19N5. The van der Waals surface area contributed by atoms with E-state index in [0.717, 1.165) is 11.5 Å². The summed E-state index contributed by atoms with van der Waals surface area (Å²) in [5, 5.41) is 7.85. The molecule has 18 heavy (non-hydrogen) atoms. The van der Waals surface area contributed by atoms with Crippen molar-refractivity contribution < 1.29 is 0 Å². The number of anilines is 1. The van der Waals surface area contributed by atoms with Crippen LogP contribution in [0.1, 0.15) is 38.3 Å². The van der Waals surface area contributed by atoms with Gasteiger partial charge in [-0.1, -0.05) is 19.8 Å². The predicted molar refractivity (Wildman–Crippen MR) is 70.6 cm³/mol. The molecule has 96 valence electrons. The van der Waals surface area contributed by atoms with E-state index in [9.17, 15) is 0 Å². The molecule has 0 spiro atoms. The lowest BCUT2D eigenvalue weighted by molar-refractivity contribution is 0.348. The molecule has 1 N–H and O–H groups in total. The molecule has 0 saturated heterocycles. The molecule has 2 aromatic rings. The van der Waals surface area contributed by atoms with Crippen LogP contribution < -0.4 is 5.32 Å². The fourth-order valence-corrected chi connectivity index (χ4v) is 2.75. The summed E-state index contributed by atoms with van der Waals surface area (Å²) >= 11 is 0. The molecule has 0 aromatic carbocycles. The van der Waals surface area contributed by atoms with Crippen LogP contribution in [0.5, 0.6) is 0 Å². The van der Waals surface area contributed by atoms with Crippen molar-refractivity contribution in [3.63, 3.8) is 0 Å². The molecule has 1 saturated carbocycles. The van der Waals surface area contributed by atoms with Gasteiger partial charge < -0.3 is 5.32 Å². The molecule has 2 heterocycles. The quantitative estimate of drug-likeness (QED) is 0.882. The molecule has 2 aromatic heterocycles. The highest BCUT2D eigenvalue weighted by atomic mass is 15.4. The van der Waals surface area contributed by atoms with Crippen LogP contribution in [0.25, 0.3) is 5.78 Å². The summed E-state index contributed by atoms with van der Waals surface area (Å²) in [5.41, 5.74) is 0.974. The van der Waals surface area contributed by atoms with Crippen molar-refractivity contribution in [1.82, 2.24) is 19.6 Å². The highest BCUT2D eigenvalue weighted by Gasteiger charge is 2.22. The third-order valence-corrected chi connectivity index (χ3v) is 3.82.